The first-order chi connectivity index (χ1) is 4.33. The lowest BCUT2D eigenvalue weighted by Crippen LogP contribution is -1.81. The Hall–Kier alpha value is -1.32. The third kappa shape index (κ3) is 1.28. The minimum Gasteiger partial charge on any atom is -0.355 e. The fourth-order valence-corrected chi connectivity index (χ4v) is 0.518. The van der Waals surface area contributed by atoms with Crippen molar-refractivity contribution in [3.8, 4) is 0 Å². The molecule has 1 aromatic rings. The van der Waals surface area contributed by atoms with Gasteiger partial charge in [-0.15, -0.1) is 0 Å². The molecule has 1 aromatic heterocycles. The van der Waals surface area contributed by atoms with Crippen LogP contribution in [0.4, 0.5) is 0 Å². The Balaban J connectivity index is 2.85. The summed E-state index contributed by atoms with van der Waals surface area (Å²) in [6.07, 6.45) is 1.40. The summed E-state index contributed by atoms with van der Waals surface area (Å²) in [7, 11) is 0. The lowest BCUT2D eigenvalue weighted by Gasteiger charge is -1.73. The first-order valence-electron chi connectivity index (χ1n) is 2.49. The molecule has 9 heavy (non-hydrogen) atoms. The molecule has 2 N–H and O–H groups in total. The molecule has 1 heterocycles. The second kappa shape index (κ2) is 2.30. The van der Waals surface area contributed by atoms with Crippen LogP contribution in [0.15, 0.2) is 15.7 Å². The van der Waals surface area contributed by atoms with Gasteiger partial charge in [-0.3, -0.25) is 0 Å². The first kappa shape index (κ1) is 5.81. The lowest BCUT2D eigenvalue weighted by molar-refractivity contribution is 0.410. The Morgan fingerprint density at radius 2 is 2.67 bits per heavy atom. The minimum absolute atomic E-state index is 0.579. The largest absolute Gasteiger partial charge is 0.355 e. The molecule has 0 saturated heterocycles. The molecule has 1 rings (SSSR count). The fraction of sp³-hybridized carbons (Fsp3) is 0.200. The minimum atomic E-state index is 0.579. The average Bonchev–Trinajstić information content (AvgIpc) is 2.17. The first-order valence-corrected chi connectivity index (χ1v) is 2.49. The number of hydrazone groups is 1. The summed E-state index contributed by atoms with van der Waals surface area (Å²) in [5.74, 6) is 5.43. The Morgan fingerprint density at radius 3 is 3.11 bits per heavy atom. The number of nitrogens with two attached hydrogens (primary N) is 1. The second-order valence-electron chi connectivity index (χ2n) is 1.65. The monoisotopic (exact) mass is 125 g/mol. The molecule has 0 aliphatic rings. The van der Waals surface area contributed by atoms with Crippen LogP contribution < -0.4 is 5.84 Å². The fourth-order valence-electron chi connectivity index (χ4n) is 0.518. The number of aryl methyl sites for hydroxylation is 1. The van der Waals surface area contributed by atoms with Crippen molar-refractivity contribution in [1.82, 2.24) is 5.16 Å². The van der Waals surface area contributed by atoms with Crippen molar-refractivity contribution in [2.75, 3.05) is 0 Å². The molecule has 0 amide bonds. The van der Waals surface area contributed by atoms with Gasteiger partial charge in [-0.25, -0.2) is 0 Å². The summed E-state index contributed by atoms with van der Waals surface area (Å²) in [5.41, 5.74) is 0.824. The Morgan fingerprint density at radius 1 is 1.89 bits per heavy atom. The molecule has 48 valence electrons. The molecule has 4 nitrogen and oxygen atoms in total. The quantitative estimate of drug-likeness (QED) is 0.333. The van der Waals surface area contributed by atoms with Gasteiger partial charge in [0, 0.05) is 6.07 Å². The van der Waals surface area contributed by atoms with E-state index in [9.17, 15) is 0 Å². The maximum absolute atomic E-state index is 4.85. The summed E-state index contributed by atoms with van der Waals surface area (Å²) >= 11 is 0. The van der Waals surface area contributed by atoms with E-state index in [1.807, 2.05) is 6.92 Å². The van der Waals surface area contributed by atoms with Crippen molar-refractivity contribution in [3.05, 3.63) is 17.5 Å². The number of nitrogens with zero attached hydrogens (tertiary/aromatic N) is 2. The molecule has 0 atom stereocenters. The van der Waals surface area contributed by atoms with Crippen molar-refractivity contribution >= 4 is 6.21 Å². The predicted molar refractivity (Wildman–Crippen MR) is 33.0 cm³/mol. The summed E-state index contributed by atoms with van der Waals surface area (Å²) in [5, 5.41) is 6.87. The predicted octanol–water partition coefficient (Wildman–Crippen LogP) is 0.276. The second-order valence-corrected chi connectivity index (χ2v) is 1.65. The van der Waals surface area contributed by atoms with E-state index < -0.39 is 0 Å². The number of rotatable bonds is 1. The van der Waals surface area contributed by atoms with Crippen LogP contribution in [0.5, 0.6) is 0 Å². The van der Waals surface area contributed by atoms with E-state index in [-0.39, 0.29) is 0 Å². The molecular weight excluding hydrogens is 118 g/mol. The SMILES string of the molecule is Cc1cc(/C=N/N)on1. The average molecular weight is 125 g/mol. The molecular formula is C5H7N3O. The standard InChI is InChI=1S/C5H7N3O/c1-4-2-5(3-7-6)9-8-4/h2-3H,6H2,1H3/b7-3+. The van der Waals surface area contributed by atoms with E-state index in [2.05, 4.69) is 10.3 Å². The molecule has 0 saturated carbocycles. The smallest absolute Gasteiger partial charge is 0.179 e. The van der Waals surface area contributed by atoms with Gasteiger partial charge in [0.1, 0.15) is 0 Å². The van der Waals surface area contributed by atoms with Crippen molar-refractivity contribution in [2.24, 2.45) is 10.9 Å². The van der Waals surface area contributed by atoms with E-state index >= 15 is 0 Å². The topological polar surface area (TPSA) is 64.4 Å². The van der Waals surface area contributed by atoms with Crippen LogP contribution in [0, 0.1) is 6.92 Å². The molecule has 0 unspecified atom stereocenters. The van der Waals surface area contributed by atoms with Gasteiger partial charge < -0.3 is 10.4 Å². The van der Waals surface area contributed by atoms with Crippen LogP contribution in [-0.4, -0.2) is 11.4 Å². The third-order valence-corrected chi connectivity index (χ3v) is 0.848. The van der Waals surface area contributed by atoms with Crippen molar-refractivity contribution in [1.29, 1.82) is 0 Å². The Labute approximate surface area is 52.3 Å². The summed E-state index contributed by atoms with van der Waals surface area (Å²) in [6, 6.07) is 1.75. The summed E-state index contributed by atoms with van der Waals surface area (Å²) in [4.78, 5) is 0. The molecule has 0 aliphatic carbocycles. The highest BCUT2D eigenvalue weighted by molar-refractivity contribution is 5.75. The Bertz CT molecular complexity index is 216. The van der Waals surface area contributed by atoms with Gasteiger partial charge >= 0.3 is 0 Å². The van der Waals surface area contributed by atoms with E-state index in [1.165, 1.54) is 6.21 Å². The zero-order valence-corrected chi connectivity index (χ0v) is 5.03. The molecule has 0 radical (unpaired) electrons. The van der Waals surface area contributed by atoms with Gasteiger partial charge in [-0.1, -0.05) is 5.16 Å². The lowest BCUT2D eigenvalue weighted by atomic mass is 10.4. The number of aromatic nitrogens is 1. The maximum Gasteiger partial charge on any atom is 0.179 e. The Kier molecular flexibility index (Phi) is 1.48. The van der Waals surface area contributed by atoms with Crippen molar-refractivity contribution < 1.29 is 4.52 Å². The van der Waals surface area contributed by atoms with Gasteiger partial charge in [-0.2, -0.15) is 5.10 Å². The number of hydrogen-bond acceptors (Lipinski definition) is 4. The normalized spacial score (nSPS) is 10.8. The van der Waals surface area contributed by atoms with Gasteiger partial charge in [0.05, 0.1) is 11.9 Å². The van der Waals surface area contributed by atoms with Crippen molar-refractivity contribution in [2.45, 2.75) is 6.92 Å². The zero-order chi connectivity index (χ0) is 6.69. The van der Waals surface area contributed by atoms with Gasteiger partial charge in [0.15, 0.2) is 5.76 Å². The molecule has 0 aromatic carbocycles. The van der Waals surface area contributed by atoms with Crippen LogP contribution >= 0.6 is 0 Å². The van der Waals surface area contributed by atoms with E-state index in [0.717, 1.165) is 5.69 Å². The van der Waals surface area contributed by atoms with Crippen LogP contribution in [0.2, 0.25) is 0 Å². The molecule has 0 spiro atoms. The summed E-state index contributed by atoms with van der Waals surface area (Å²) in [6.45, 7) is 1.83. The van der Waals surface area contributed by atoms with E-state index in [1.54, 1.807) is 6.07 Å². The summed E-state index contributed by atoms with van der Waals surface area (Å²) < 4.78 is 4.73. The van der Waals surface area contributed by atoms with Gasteiger partial charge in [0.2, 0.25) is 0 Å². The van der Waals surface area contributed by atoms with Crippen LogP contribution in [0.3, 0.4) is 0 Å². The van der Waals surface area contributed by atoms with Crippen LogP contribution in [0.1, 0.15) is 11.5 Å². The van der Waals surface area contributed by atoms with Gasteiger partial charge in [0.25, 0.3) is 0 Å². The highest BCUT2D eigenvalue weighted by Gasteiger charge is 1.93. The molecule has 0 aliphatic heterocycles. The van der Waals surface area contributed by atoms with E-state index in [4.69, 9.17) is 10.4 Å². The molecule has 0 fully saturated rings. The number of hydrogen-bond donors (Lipinski definition) is 1. The van der Waals surface area contributed by atoms with Crippen LogP contribution in [-0.2, 0) is 0 Å². The van der Waals surface area contributed by atoms with Crippen LogP contribution in [0.25, 0.3) is 0 Å². The maximum atomic E-state index is 4.85. The van der Waals surface area contributed by atoms with E-state index in [0.29, 0.717) is 5.76 Å². The van der Waals surface area contributed by atoms with Crippen molar-refractivity contribution in [3.63, 3.8) is 0 Å². The third-order valence-electron chi connectivity index (χ3n) is 0.848. The highest BCUT2D eigenvalue weighted by atomic mass is 16.5. The highest BCUT2D eigenvalue weighted by Crippen LogP contribution is 1.96. The molecule has 4 heteroatoms. The van der Waals surface area contributed by atoms with Gasteiger partial charge in [-0.05, 0) is 6.92 Å². The molecule has 0 bridgehead atoms. The zero-order valence-electron chi connectivity index (χ0n) is 5.03.